The van der Waals surface area contributed by atoms with Crippen LogP contribution in [0.1, 0.15) is 16.1 Å². The second-order valence-electron chi connectivity index (χ2n) is 4.76. The number of benzene rings is 1. The molecule has 0 atom stereocenters. The minimum Gasteiger partial charge on any atom is -0.484 e. The molecule has 1 aromatic heterocycles. The molecule has 0 aliphatic carbocycles. The van der Waals surface area contributed by atoms with Crippen molar-refractivity contribution < 1.29 is 14.3 Å². The summed E-state index contributed by atoms with van der Waals surface area (Å²) in [6.45, 7) is 1.76. The molecule has 116 valence electrons. The van der Waals surface area contributed by atoms with Gasteiger partial charge in [-0.2, -0.15) is 0 Å². The Labute approximate surface area is 136 Å². The van der Waals surface area contributed by atoms with Crippen molar-refractivity contribution in [1.29, 1.82) is 0 Å². The monoisotopic (exact) mass is 365 g/mol. The molecule has 0 fully saturated rings. The average Bonchev–Trinajstić information content (AvgIpc) is 2.81. The van der Waals surface area contributed by atoms with Gasteiger partial charge in [0.05, 0.1) is 0 Å². The molecule has 0 saturated heterocycles. The average molecular weight is 366 g/mol. The normalized spacial score (nSPS) is 10.1. The van der Waals surface area contributed by atoms with Crippen molar-refractivity contribution in [2.45, 2.75) is 6.92 Å². The van der Waals surface area contributed by atoms with Crippen LogP contribution in [0.5, 0.6) is 5.75 Å². The number of hydrogen-bond donors (Lipinski definition) is 2. The summed E-state index contributed by atoms with van der Waals surface area (Å²) in [6.07, 6.45) is 1.75. The first kappa shape index (κ1) is 16.1. The zero-order chi connectivity index (χ0) is 16.1. The summed E-state index contributed by atoms with van der Waals surface area (Å²) < 4.78 is 7.77. The molecule has 0 aliphatic rings. The molecule has 7 heteroatoms. The van der Waals surface area contributed by atoms with Gasteiger partial charge in [-0.3, -0.25) is 20.4 Å². The van der Waals surface area contributed by atoms with Crippen LogP contribution in [-0.2, 0) is 11.8 Å². The Kier molecular flexibility index (Phi) is 5.21. The number of rotatable bonds is 4. The third-order valence-electron chi connectivity index (χ3n) is 2.88. The molecule has 22 heavy (non-hydrogen) atoms. The Morgan fingerprint density at radius 1 is 1.27 bits per heavy atom. The highest BCUT2D eigenvalue weighted by molar-refractivity contribution is 9.10. The molecule has 0 aliphatic heterocycles. The fourth-order valence-electron chi connectivity index (χ4n) is 1.83. The number of ether oxygens (including phenoxy) is 1. The van der Waals surface area contributed by atoms with E-state index in [0.717, 1.165) is 10.0 Å². The minimum atomic E-state index is -0.442. The first-order valence-corrected chi connectivity index (χ1v) is 7.35. The van der Waals surface area contributed by atoms with Crippen LogP contribution in [0.4, 0.5) is 0 Å². The quantitative estimate of drug-likeness (QED) is 0.813. The molecule has 2 amide bonds. The van der Waals surface area contributed by atoms with E-state index in [1.54, 1.807) is 29.9 Å². The summed E-state index contributed by atoms with van der Waals surface area (Å²) in [7, 11) is 1.74. The highest BCUT2D eigenvalue weighted by Crippen LogP contribution is 2.13. The number of halogens is 1. The maximum absolute atomic E-state index is 11.9. The summed E-state index contributed by atoms with van der Waals surface area (Å²) in [5.74, 6) is -0.243. The summed E-state index contributed by atoms with van der Waals surface area (Å²) >= 11 is 3.28. The van der Waals surface area contributed by atoms with Gasteiger partial charge in [0.1, 0.15) is 11.4 Å². The second-order valence-corrected chi connectivity index (χ2v) is 5.68. The molecule has 2 rings (SSSR count). The number of aryl methyl sites for hydroxylation is 2. The fourth-order valence-corrected chi connectivity index (χ4v) is 2.35. The third kappa shape index (κ3) is 4.36. The predicted molar refractivity (Wildman–Crippen MR) is 85.4 cm³/mol. The van der Waals surface area contributed by atoms with E-state index in [2.05, 4.69) is 26.8 Å². The Morgan fingerprint density at radius 2 is 2.05 bits per heavy atom. The number of carbonyl (C=O) groups is 2. The standard InChI is InChI=1S/C15H16BrN3O3/c1-10-4-3-5-12(6-10)22-9-14(20)17-18-15(21)13-7-11(16)8-19(13)2/h3-8H,9H2,1-2H3,(H,17,20)(H,18,21). The summed E-state index contributed by atoms with van der Waals surface area (Å²) in [5.41, 5.74) is 6.12. The number of carbonyl (C=O) groups excluding carboxylic acids is 2. The lowest BCUT2D eigenvalue weighted by molar-refractivity contribution is -0.123. The van der Waals surface area contributed by atoms with Gasteiger partial charge in [-0.05, 0) is 46.6 Å². The van der Waals surface area contributed by atoms with Crippen molar-refractivity contribution in [3.05, 3.63) is 52.3 Å². The Balaban J connectivity index is 1.80. The first-order valence-electron chi connectivity index (χ1n) is 6.56. The van der Waals surface area contributed by atoms with Crippen LogP contribution >= 0.6 is 15.9 Å². The van der Waals surface area contributed by atoms with Gasteiger partial charge >= 0.3 is 0 Å². The Hall–Kier alpha value is -2.28. The predicted octanol–water partition coefficient (Wildman–Crippen LogP) is 1.94. The topological polar surface area (TPSA) is 72.4 Å². The first-order chi connectivity index (χ1) is 10.5. The van der Waals surface area contributed by atoms with Gasteiger partial charge in [0.2, 0.25) is 0 Å². The molecule has 0 spiro atoms. The van der Waals surface area contributed by atoms with Gasteiger partial charge in [-0.25, -0.2) is 0 Å². The van der Waals surface area contributed by atoms with Gasteiger partial charge in [-0.1, -0.05) is 12.1 Å². The zero-order valence-electron chi connectivity index (χ0n) is 12.2. The van der Waals surface area contributed by atoms with Crippen LogP contribution in [0, 0.1) is 6.92 Å². The Bertz CT molecular complexity index is 697. The van der Waals surface area contributed by atoms with E-state index in [1.807, 2.05) is 25.1 Å². The number of nitrogens with zero attached hydrogens (tertiary/aromatic N) is 1. The van der Waals surface area contributed by atoms with E-state index in [-0.39, 0.29) is 6.61 Å². The van der Waals surface area contributed by atoms with E-state index in [9.17, 15) is 9.59 Å². The van der Waals surface area contributed by atoms with Crippen molar-refractivity contribution in [1.82, 2.24) is 15.4 Å². The van der Waals surface area contributed by atoms with Crippen LogP contribution in [-0.4, -0.2) is 23.0 Å². The summed E-state index contributed by atoms with van der Waals surface area (Å²) in [6, 6.07) is 9.03. The third-order valence-corrected chi connectivity index (χ3v) is 3.31. The molecule has 0 bridgehead atoms. The van der Waals surface area contributed by atoms with Gasteiger partial charge in [0.15, 0.2) is 6.61 Å². The lowest BCUT2D eigenvalue weighted by atomic mass is 10.2. The van der Waals surface area contributed by atoms with Crippen molar-refractivity contribution in [2.24, 2.45) is 7.05 Å². The van der Waals surface area contributed by atoms with E-state index in [0.29, 0.717) is 11.4 Å². The van der Waals surface area contributed by atoms with Gasteiger partial charge in [0.25, 0.3) is 11.8 Å². The lowest BCUT2D eigenvalue weighted by Crippen LogP contribution is -2.44. The molecular weight excluding hydrogens is 350 g/mol. The minimum absolute atomic E-state index is 0.180. The molecule has 2 N–H and O–H groups in total. The number of amides is 2. The number of nitrogens with one attached hydrogen (secondary N) is 2. The number of hydrazine groups is 1. The van der Waals surface area contributed by atoms with E-state index in [1.165, 1.54) is 0 Å². The highest BCUT2D eigenvalue weighted by Gasteiger charge is 2.12. The van der Waals surface area contributed by atoms with Crippen LogP contribution < -0.4 is 15.6 Å². The van der Waals surface area contributed by atoms with Crippen LogP contribution in [0.3, 0.4) is 0 Å². The smallest absolute Gasteiger partial charge is 0.286 e. The van der Waals surface area contributed by atoms with Crippen molar-refractivity contribution in [3.63, 3.8) is 0 Å². The lowest BCUT2D eigenvalue weighted by Gasteiger charge is -2.09. The van der Waals surface area contributed by atoms with E-state index < -0.39 is 11.8 Å². The maximum atomic E-state index is 11.9. The van der Waals surface area contributed by atoms with Crippen molar-refractivity contribution in [2.75, 3.05) is 6.61 Å². The fraction of sp³-hybridized carbons (Fsp3) is 0.200. The zero-order valence-corrected chi connectivity index (χ0v) is 13.8. The molecule has 6 nitrogen and oxygen atoms in total. The van der Waals surface area contributed by atoms with Gasteiger partial charge in [0, 0.05) is 17.7 Å². The molecule has 1 aromatic carbocycles. The SMILES string of the molecule is Cc1cccc(OCC(=O)NNC(=O)c2cc(Br)cn2C)c1. The summed E-state index contributed by atoms with van der Waals surface area (Å²) in [4.78, 5) is 23.6. The number of hydrogen-bond acceptors (Lipinski definition) is 3. The van der Waals surface area contributed by atoms with Gasteiger partial charge in [-0.15, -0.1) is 0 Å². The van der Waals surface area contributed by atoms with Crippen LogP contribution in [0.15, 0.2) is 41.0 Å². The van der Waals surface area contributed by atoms with E-state index >= 15 is 0 Å². The summed E-state index contributed by atoms with van der Waals surface area (Å²) in [5, 5.41) is 0. The molecule has 2 aromatic rings. The number of aromatic nitrogens is 1. The van der Waals surface area contributed by atoms with Crippen molar-refractivity contribution >= 4 is 27.7 Å². The van der Waals surface area contributed by atoms with Crippen LogP contribution in [0.2, 0.25) is 0 Å². The highest BCUT2D eigenvalue weighted by atomic mass is 79.9. The molecule has 0 radical (unpaired) electrons. The Morgan fingerprint density at radius 3 is 2.68 bits per heavy atom. The molecule has 0 saturated carbocycles. The van der Waals surface area contributed by atoms with Crippen LogP contribution in [0.25, 0.3) is 0 Å². The van der Waals surface area contributed by atoms with Crippen molar-refractivity contribution in [3.8, 4) is 5.75 Å². The second kappa shape index (κ2) is 7.13. The maximum Gasteiger partial charge on any atom is 0.286 e. The van der Waals surface area contributed by atoms with E-state index in [4.69, 9.17) is 4.74 Å². The molecule has 1 heterocycles. The molecule has 0 unspecified atom stereocenters. The van der Waals surface area contributed by atoms with Gasteiger partial charge < -0.3 is 9.30 Å². The molecular formula is C15H16BrN3O3. The largest absolute Gasteiger partial charge is 0.484 e.